The van der Waals surface area contributed by atoms with Crippen LogP contribution in [-0.2, 0) is 0 Å². The molecule has 0 unspecified atom stereocenters. The summed E-state index contributed by atoms with van der Waals surface area (Å²) in [5.74, 6) is 0. The van der Waals surface area contributed by atoms with Crippen LogP contribution in [0.15, 0.2) is 23.8 Å². The highest BCUT2D eigenvalue weighted by molar-refractivity contribution is 5.25. The summed E-state index contributed by atoms with van der Waals surface area (Å²) in [6.07, 6.45) is 9.41. The van der Waals surface area contributed by atoms with Gasteiger partial charge in [-0.3, -0.25) is 0 Å². The Bertz CT molecular complexity index is 236. The molecular formula is C13H23N. The molecule has 14 heavy (non-hydrogen) atoms. The first kappa shape index (κ1) is 11.5. The molecule has 0 aromatic rings. The molecule has 1 nitrogen and oxygen atoms in total. The molecule has 0 heterocycles. The Labute approximate surface area is 88.5 Å². The minimum atomic E-state index is 0.375. The number of hydrogen-bond acceptors (Lipinski definition) is 1. The SMILES string of the molecule is CCN(C)CCC1=CCC(C)(C)C=C1. The van der Waals surface area contributed by atoms with Crippen molar-refractivity contribution in [2.45, 2.75) is 33.6 Å². The fourth-order valence-electron chi connectivity index (χ4n) is 1.53. The van der Waals surface area contributed by atoms with Gasteiger partial charge in [0.05, 0.1) is 0 Å². The molecule has 1 heteroatoms. The Morgan fingerprint density at radius 2 is 2.14 bits per heavy atom. The second kappa shape index (κ2) is 4.79. The van der Waals surface area contributed by atoms with Crippen LogP contribution in [0.5, 0.6) is 0 Å². The molecule has 0 saturated carbocycles. The van der Waals surface area contributed by atoms with E-state index >= 15 is 0 Å². The van der Waals surface area contributed by atoms with Crippen LogP contribution in [0.3, 0.4) is 0 Å². The van der Waals surface area contributed by atoms with Crippen LogP contribution in [0.4, 0.5) is 0 Å². The first-order chi connectivity index (χ1) is 6.53. The maximum absolute atomic E-state index is 2.39. The van der Waals surface area contributed by atoms with Gasteiger partial charge in [-0.05, 0) is 31.8 Å². The maximum Gasteiger partial charge on any atom is 0.00185 e. The molecule has 0 aromatic heterocycles. The van der Waals surface area contributed by atoms with E-state index < -0.39 is 0 Å². The largest absolute Gasteiger partial charge is 0.306 e. The molecule has 0 amide bonds. The van der Waals surface area contributed by atoms with E-state index in [2.05, 4.69) is 50.9 Å². The summed E-state index contributed by atoms with van der Waals surface area (Å²) in [5, 5.41) is 0. The molecular weight excluding hydrogens is 170 g/mol. The fraction of sp³-hybridized carbons (Fsp3) is 0.692. The quantitative estimate of drug-likeness (QED) is 0.662. The first-order valence-corrected chi connectivity index (χ1v) is 5.60. The standard InChI is InChI=1S/C13H23N/c1-5-14(4)11-8-12-6-9-13(2,3)10-7-12/h6-7,9H,5,8,10-11H2,1-4H3. The minimum Gasteiger partial charge on any atom is -0.306 e. The highest BCUT2D eigenvalue weighted by Crippen LogP contribution is 2.29. The van der Waals surface area contributed by atoms with Crippen molar-refractivity contribution in [3.05, 3.63) is 23.8 Å². The van der Waals surface area contributed by atoms with E-state index in [1.165, 1.54) is 25.0 Å². The number of rotatable bonds is 4. The van der Waals surface area contributed by atoms with Gasteiger partial charge in [0, 0.05) is 6.54 Å². The Kier molecular flexibility index (Phi) is 3.94. The van der Waals surface area contributed by atoms with Crippen molar-refractivity contribution in [1.82, 2.24) is 4.90 Å². The average Bonchev–Trinajstić information content (AvgIpc) is 2.16. The van der Waals surface area contributed by atoms with Gasteiger partial charge in [0.25, 0.3) is 0 Å². The predicted molar refractivity (Wildman–Crippen MR) is 63.4 cm³/mol. The van der Waals surface area contributed by atoms with Gasteiger partial charge >= 0.3 is 0 Å². The van der Waals surface area contributed by atoms with Gasteiger partial charge in [0.1, 0.15) is 0 Å². The summed E-state index contributed by atoms with van der Waals surface area (Å²) in [6, 6.07) is 0. The normalized spacial score (nSPS) is 19.9. The topological polar surface area (TPSA) is 3.24 Å². The summed E-state index contributed by atoms with van der Waals surface area (Å²) >= 11 is 0. The number of nitrogens with zero attached hydrogens (tertiary/aromatic N) is 1. The summed E-state index contributed by atoms with van der Waals surface area (Å²) in [7, 11) is 2.18. The van der Waals surface area contributed by atoms with E-state index in [-0.39, 0.29) is 0 Å². The van der Waals surface area contributed by atoms with Gasteiger partial charge in [-0.1, -0.05) is 44.6 Å². The summed E-state index contributed by atoms with van der Waals surface area (Å²) in [4.78, 5) is 2.36. The van der Waals surface area contributed by atoms with Crippen molar-refractivity contribution >= 4 is 0 Å². The van der Waals surface area contributed by atoms with E-state index in [4.69, 9.17) is 0 Å². The van der Waals surface area contributed by atoms with Crippen molar-refractivity contribution in [3.8, 4) is 0 Å². The van der Waals surface area contributed by atoms with Crippen molar-refractivity contribution in [3.63, 3.8) is 0 Å². The third-order valence-electron chi connectivity index (χ3n) is 2.96. The molecule has 0 fully saturated rings. The maximum atomic E-state index is 2.39. The smallest absolute Gasteiger partial charge is 0.00185 e. The fourth-order valence-corrected chi connectivity index (χ4v) is 1.53. The van der Waals surface area contributed by atoms with Gasteiger partial charge < -0.3 is 4.90 Å². The van der Waals surface area contributed by atoms with E-state index in [1.54, 1.807) is 0 Å². The minimum absolute atomic E-state index is 0.375. The Morgan fingerprint density at radius 1 is 1.43 bits per heavy atom. The van der Waals surface area contributed by atoms with Gasteiger partial charge in [-0.25, -0.2) is 0 Å². The highest BCUT2D eigenvalue weighted by Gasteiger charge is 2.15. The first-order valence-electron chi connectivity index (χ1n) is 5.60. The van der Waals surface area contributed by atoms with Gasteiger partial charge in [0.15, 0.2) is 0 Å². The third-order valence-corrected chi connectivity index (χ3v) is 2.96. The molecule has 1 aliphatic rings. The lowest BCUT2D eigenvalue weighted by atomic mass is 9.83. The summed E-state index contributed by atoms with van der Waals surface area (Å²) in [5.41, 5.74) is 1.88. The molecule has 80 valence electrons. The van der Waals surface area contributed by atoms with Crippen LogP contribution >= 0.6 is 0 Å². The van der Waals surface area contributed by atoms with Crippen LogP contribution in [0.2, 0.25) is 0 Å². The van der Waals surface area contributed by atoms with Crippen molar-refractivity contribution in [1.29, 1.82) is 0 Å². The highest BCUT2D eigenvalue weighted by atomic mass is 15.1. The zero-order valence-electron chi connectivity index (χ0n) is 10.0. The zero-order valence-corrected chi connectivity index (χ0v) is 10.0. The summed E-state index contributed by atoms with van der Waals surface area (Å²) < 4.78 is 0. The van der Waals surface area contributed by atoms with Crippen LogP contribution in [0, 0.1) is 5.41 Å². The number of allylic oxidation sites excluding steroid dienone is 3. The molecule has 0 aliphatic heterocycles. The van der Waals surface area contributed by atoms with E-state index in [0.717, 1.165) is 6.54 Å². The average molecular weight is 193 g/mol. The molecule has 1 aliphatic carbocycles. The van der Waals surface area contributed by atoms with Crippen molar-refractivity contribution in [2.75, 3.05) is 20.1 Å². The molecule has 0 aromatic carbocycles. The van der Waals surface area contributed by atoms with Crippen LogP contribution in [-0.4, -0.2) is 25.0 Å². The lowest BCUT2D eigenvalue weighted by molar-refractivity contribution is 0.357. The van der Waals surface area contributed by atoms with Gasteiger partial charge in [-0.15, -0.1) is 0 Å². The van der Waals surface area contributed by atoms with E-state index in [1.807, 2.05) is 0 Å². The third kappa shape index (κ3) is 3.67. The Hall–Kier alpha value is -0.560. The van der Waals surface area contributed by atoms with E-state index in [0.29, 0.717) is 5.41 Å². The molecule has 0 spiro atoms. The summed E-state index contributed by atoms with van der Waals surface area (Å²) in [6.45, 7) is 9.09. The molecule has 1 rings (SSSR count). The molecule has 0 bridgehead atoms. The van der Waals surface area contributed by atoms with E-state index in [9.17, 15) is 0 Å². The second-order valence-corrected chi connectivity index (χ2v) is 4.95. The van der Waals surface area contributed by atoms with Crippen molar-refractivity contribution in [2.24, 2.45) is 5.41 Å². The molecule has 0 saturated heterocycles. The predicted octanol–water partition coefficient (Wildman–Crippen LogP) is 3.24. The lowest BCUT2D eigenvalue weighted by Crippen LogP contribution is -2.19. The molecule has 0 N–H and O–H groups in total. The van der Waals surface area contributed by atoms with Crippen molar-refractivity contribution < 1.29 is 0 Å². The number of hydrogen-bond donors (Lipinski definition) is 0. The second-order valence-electron chi connectivity index (χ2n) is 4.95. The van der Waals surface area contributed by atoms with Gasteiger partial charge in [-0.2, -0.15) is 0 Å². The van der Waals surface area contributed by atoms with Crippen LogP contribution in [0.25, 0.3) is 0 Å². The van der Waals surface area contributed by atoms with Crippen LogP contribution < -0.4 is 0 Å². The zero-order chi connectivity index (χ0) is 10.6. The van der Waals surface area contributed by atoms with Crippen LogP contribution in [0.1, 0.15) is 33.6 Å². The van der Waals surface area contributed by atoms with Gasteiger partial charge in [0.2, 0.25) is 0 Å². The molecule has 0 atom stereocenters. The monoisotopic (exact) mass is 193 g/mol. The molecule has 0 radical (unpaired) electrons. The Balaban J connectivity index is 2.35. The Morgan fingerprint density at radius 3 is 2.64 bits per heavy atom. The lowest BCUT2D eigenvalue weighted by Gasteiger charge is -2.23.